The lowest BCUT2D eigenvalue weighted by Crippen LogP contribution is -2.42. The average molecular weight is 526 g/mol. The van der Waals surface area contributed by atoms with Gasteiger partial charge >= 0.3 is 5.97 Å². The molecule has 0 saturated heterocycles. The molecule has 8 nitrogen and oxygen atoms in total. The molecule has 1 N–H and O–H groups in total. The summed E-state index contributed by atoms with van der Waals surface area (Å²) in [5.74, 6) is -0.673. The molecule has 0 fully saturated rings. The molecule has 2 aromatic carbocycles. The van der Waals surface area contributed by atoms with Gasteiger partial charge in [0.25, 0.3) is 11.5 Å². The zero-order chi connectivity index (χ0) is 26.0. The highest BCUT2D eigenvalue weighted by Crippen LogP contribution is 2.32. The molecular weight excluding hydrogens is 502 g/mol. The van der Waals surface area contributed by atoms with Crippen LogP contribution in [-0.2, 0) is 9.53 Å². The molecule has 0 radical (unpaired) electrons. The number of thiophene rings is 1. The van der Waals surface area contributed by atoms with Gasteiger partial charge in [-0.05, 0) is 64.1 Å². The molecule has 0 aliphatic carbocycles. The summed E-state index contributed by atoms with van der Waals surface area (Å²) < 4.78 is 12.2. The van der Waals surface area contributed by atoms with Crippen molar-refractivity contribution < 1.29 is 19.1 Å². The second kappa shape index (κ2) is 10.1. The number of amides is 1. The van der Waals surface area contributed by atoms with Crippen molar-refractivity contribution in [3.05, 3.63) is 80.5 Å². The minimum atomic E-state index is -1.28. The SMILES string of the molecule is CCOC(=O)c1nn(-c2ccc(C)cc2)c(=O)c2c(NC(=O)C(C)(C)Oc3ccc(Cl)cc3)scc12. The Morgan fingerprint density at radius 3 is 2.42 bits per heavy atom. The van der Waals surface area contributed by atoms with E-state index in [1.165, 1.54) is 0 Å². The molecule has 0 atom stereocenters. The van der Waals surface area contributed by atoms with Crippen LogP contribution in [0, 0.1) is 6.92 Å². The van der Waals surface area contributed by atoms with Gasteiger partial charge in [-0.1, -0.05) is 29.3 Å². The van der Waals surface area contributed by atoms with Gasteiger partial charge in [0.05, 0.1) is 17.7 Å². The first kappa shape index (κ1) is 25.4. The van der Waals surface area contributed by atoms with E-state index < -0.39 is 23.0 Å². The third kappa shape index (κ3) is 5.12. The fourth-order valence-corrected chi connectivity index (χ4v) is 4.51. The maximum Gasteiger partial charge on any atom is 0.359 e. The van der Waals surface area contributed by atoms with Gasteiger partial charge in [0, 0.05) is 15.8 Å². The molecule has 0 unspecified atom stereocenters. The fourth-order valence-electron chi connectivity index (χ4n) is 3.45. The highest BCUT2D eigenvalue weighted by Gasteiger charge is 2.32. The number of ether oxygens (including phenoxy) is 2. The molecule has 0 saturated carbocycles. The van der Waals surface area contributed by atoms with Gasteiger partial charge in [0.15, 0.2) is 11.3 Å². The number of rotatable bonds is 7. The van der Waals surface area contributed by atoms with E-state index in [-0.39, 0.29) is 22.7 Å². The van der Waals surface area contributed by atoms with E-state index in [1.807, 2.05) is 19.1 Å². The van der Waals surface area contributed by atoms with Gasteiger partial charge in [-0.25, -0.2) is 4.79 Å². The number of nitrogens with zero attached hydrogens (tertiary/aromatic N) is 2. The van der Waals surface area contributed by atoms with Crippen LogP contribution in [0.4, 0.5) is 5.00 Å². The number of carbonyl (C=O) groups is 2. The molecule has 0 aliphatic rings. The van der Waals surface area contributed by atoms with Crippen molar-refractivity contribution in [2.75, 3.05) is 11.9 Å². The van der Waals surface area contributed by atoms with E-state index in [0.29, 0.717) is 21.8 Å². The second-order valence-electron chi connectivity index (χ2n) is 8.50. The Morgan fingerprint density at radius 2 is 1.78 bits per heavy atom. The summed E-state index contributed by atoms with van der Waals surface area (Å²) in [5.41, 5.74) is -0.287. The molecule has 0 spiro atoms. The largest absolute Gasteiger partial charge is 0.478 e. The number of benzene rings is 2. The molecule has 186 valence electrons. The maximum atomic E-state index is 13.5. The highest BCUT2D eigenvalue weighted by molar-refractivity contribution is 7.16. The normalized spacial score (nSPS) is 11.4. The molecule has 4 rings (SSSR count). The third-order valence-corrected chi connectivity index (χ3v) is 6.51. The summed E-state index contributed by atoms with van der Waals surface area (Å²) in [6.45, 7) is 6.99. The first-order valence-electron chi connectivity index (χ1n) is 11.2. The Kier molecular flexibility index (Phi) is 7.14. The first-order chi connectivity index (χ1) is 17.1. The van der Waals surface area contributed by atoms with Gasteiger partial charge in [-0.2, -0.15) is 9.78 Å². The Labute approximate surface area is 216 Å². The molecule has 2 heterocycles. The number of aryl methyl sites for hydroxylation is 1. The van der Waals surface area contributed by atoms with Gasteiger partial charge in [-0.15, -0.1) is 11.3 Å². The lowest BCUT2D eigenvalue weighted by atomic mass is 10.1. The number of anilines is 1. The minimum absolute atomic E-state index is 0.0135. The summed E-state index contributed by atoms with van der Waals surface area (Å²) in [4.78, 5) is 39.5. The van der Waals surface area contributed by atoms with Gasteiger partial charge in [0.1, 0.15) is 10.8 Å². The van der Waals surface area contributed by atoms with E-state index >= 15 is 0 Å². The van der Waals surface area contributed by atoms with Gasteiger partial charge < -0.3 is 14.8 Å². The van der Waals surface area contributed by atoms with Crippen LogP contribution in [0.2, 0.25) is 5.02 Å². The lowest BCUT2D eigenvalue weighted by molar-refractivity contribution is -0.128. The Bertz CT molecular complexity index is 1490. The highest BCUT2D eigenvalue weighted by atomic mass is 35.5. The van der Waals surface area contributed by atoms with Crippen LogP contribution >= 0.6 is 22.9 Å². The average Bonchev–Trinajstić information content (AvgIpc) is 3.25. The van der Waals surface area contributed by atoms with Crippen LogP contribution in [-0.4, -0.2) is 33.9 Å². The quantitative estimate of drug-likeness (QED) is 0.325. The predicted molar refractivity (Wildman–Crippen MR) is 141 cm³/mol. The van der Waals surface area contributed by atoms with Crippen LogP contribution in [0.15, 0.2) is 58.7 Å². The standard InChI is InChI=1S/C26H24ClN3O5S/c1-5-34-24(32)21-19-14-36-22(20(19)23(31)30(29-21)17-10-6-15(2)7-11-17)28-25(33)26(3,4)35-18-12-8-16(27)9-13-18/h6-14H,5H2,1-4H3,(H,28,33). The molecule has 10 heteroatoms. The van der Waals surface area contributed by atoms with Crippen molar-refractivity contribution in [3.63, 3.8) is 0 Å². The number of hydrogen-bond donors (Lipinski definition) is 1. The number of fused-ring (bicyclic) bond motifs is 1. The summed E-state index contributed by atoms with van der Waals surface area (Å²) in [6, 6.07) is 13.8. The zero-order valence-corrected chi connectivity index (χ0v) is 21.7. The molecule has 0 bridgehead atoms. The number of esters is 1. The van der Waals surface area contributed by atoms with E-state index in [2.05, 4.69) is 10.4 Å². The predicted octanol–water partition coefficient (Wildman–Crippen LogP) is 5.38. The van der Waals surface area contributed by atoms with Crippen molar-refractivity contribution in [3.8, 4) is 11.4 Å². The van der Waals surface area contributed by atoms with E-state index in [4.69, 9.17) is 21.1 Å². The van der Waals surface area contributed by atoms with E-state index in [1.54, 1.807) is 62.5 Å². The molecule has 36 heavy (non-hydrogen) atoms. The summed E-state index contributed by atoms with van der Waals surface area (Å²) in [6.07, 6.45) is 0. The van der Waals surface area contributed by atoms with Crippen molar-refractivity contribution in [1.82, 2.24) is 9.78 Å². The number of carbonyl (C=O) groups excluding carboxylic acids is 2. The lowest BCUT2D eigenvalue weighted by Gasteiger charge is -2.25. The number of nitrogens with one attached hydrogen (secondary N) is 1. The van der Waals surface area contributed by atoms with Crippen molar-refractivity contribution in [2.24, 2.45) is 0 Å². The topological polar surface area (TPSA) is 99.5 Å². The smallest absolute Gasteiger partial charge is 0.359 e. The fraction of sp³-hybridized carbons (Fsp3) is 0.231. The molecular formula is C26H24ClN3O5S. The maximum absolute atomic E-state index is 13.5. The van der Waals surface area contributed by atoms with Gasteiger partial charge in [0.2, 0.25) is 0 Å². The van der Waals surface area contributed by atoms with Crippen LogP contribution in [0.5, 0.6) is 5.75 Å². The molecule has 4 aromatic rings. The molecule has 1 amide bonds. The van der Waals surface area contributed by atoms with Gasteiger partial charge in [-0.3, -0.25) is 9.59 Å². The van der Waals surface area contributed by atoms with Crippen LogP contribution in [0.1, 0.15) is 36.8 Å². The Hall–Kier alpha value is -3.69. The zero-order valence-electron chi connectivity index (χ0n) is 20.1. The van der Waals surface area contributed by atoms with Crippen molar-refractivity contribution in [1.29, 1.82) is 0 Å². The Morgan fingerprint density at radius 1 is 1.11 bits per heavy atom. The van der Waals surface area contributed by atoms with E-state index in [9.17, 15) is 14.4 Å². The Balaban J connectivity index is 1.77. The summed E-state index contributed by atoms with van der Waals surface area (Å²) in [5, 5.41) is 10.0. The minimum Gasteiger partial charge on any atom is -0.478 e. The summed E-state index contributed by atoms with van der Waals surface area (Å²) >= 11 is 7.05. The van der Waals surface area contributed by atoms with E-state index in [0.717, 1.165) is 21.6 Å². The van der Waals surface area contributed by atoms with Crippen LogP contribution < -0.4 is 15.6 Å². The molecule has 0 aliphatic heterocycles. The number of hydrogen-bond acceptors (Lipinski definition) is 7. The number of aromatic nitrogens is 2. The van der Waals surface area contributed by atoms with Crippen molar-refractivity contribution in [2.45, 2.75) is 33.3 Å². The second-order valence-corrected chi connectivity index (χ2v) is 9.81. The van der Waals surface area contributed by atoms with Crippen molar-refractivity contribution >= 4 is 50.6 Å². The number of halogens is 1. The third-order valence-electron chi connectivity index (χ3n) is 5.36. The van der Waals surface area contributed by atoms with Crippen LogP contribution in [0.3, 0.4) is 0 Å². The first-order valence-corrected chi connectivity index (χ1v) is 12.4. The monoisotopic (exact) mass is 525 g/mol. The summed E-state index contributed by atoms with van der Waals surface area (Å²) in [7, 11) is 0. The molecule has 2 aromatic heterocycles. The van der Waals surface area contributed by atoms with Crippen LogP contribution in [0.25, 0.3) is 16.5 Å².